The number of nitrogens with one attached hydrogen (secondary N) is 3. The number of ether oxygens (including phenoxy) is 2. The molecular formula is C30H36FN5O7. The Kier molecular flexibility index (Phi) is 10.6. The fraction of sp³-hybridized carbons (Fsp3) is 0.367. The molecule has 2 atom stereocenters. The fourth-order valence-electron chi connectivity index (χ4n) is 3.85. The van der Waals surface area contributed by atoms with E-state index >= 15 is 0 Å². The van der Waals surface area contributed by atoms with E-state index in [1.54, 1.807) is 20.8 Å². The van der Waals surface area contributed by atoms with Crippen LogP contribution in [0.3, 0.4) is 0 Å². The van der Waals surface area contributed by atoms with Gasteiger partial charge in [0.1, 0.15) is 23.0 Å². The van der Waals surface area contributed by atoms with Crippen molar-refractivity contribution in [3.8, 4) is 0 Å². The molecule has 12 nitrogen and oxygen atoms in total. The monoisotopic (exact) mass is 597 g/mol. The van der Waals surface area contributed by atoms with Gasteiger partial charge >= 0.3 is 12.1 Å². The van der Waals surface area contributed by atoms with E-state index in [9.17, 15) is 28.7 Å². The predicted molar refractivity (Wildman–Crippen MR) is 155 cm³/mol. The van der Waals surface area contributed by atoms with Crippen LogP contribution in [0.1, 0.15) is 51.8 Å². The molecule has 13 heteroatoms. The number of hydrogen-bond donors (Lipinski definition) is 4. The van der Waals surface area contributed by atoms with Crippen LogP contribution in [0.15, 0.2) is 67.1 Å². The Bertz CT molecular complexity index is 1420. The molecule has 2 unspecified atom stereocenters. The zero-order valence-corrected chi connectivity index (χ0v) is 24.6. The number of hydrogen-bond acceptors (Lipinski definition) is 7. The molecule has 0 aliphatic heterocycles. The average Bonchev–Trinajstić information content (AvgIpc) is 3.35. The number of halogens is 1. The highest BCUT2D eigenvalue weighted by Crippen LogP contribution is 2.21. The topological polar surface area (TPSA) is 161 Å². The third-order valence-corrected chi connectivity index (χ3v) is 5.97. The lowest BCUT2D eigenvalue weighted by Gasteiger charge is -2.29. The maximum absolute atomic E-state index is 13.4. The number of carbonyl (C=O) groups is 4. The highest BCUT2D eigenvalue weighted by Gasteiger charge is 2.35. The van der Waals surface area contributed by atoms with E-state index in [2.05, 4.69) is 20.9 Å². The Morgan fingerprint density at radius 3 is 2.26 bits per heavy atom. The van der Waals surface area contributed by atoms with Crippen LogP contribution in [-0.2, 0) is 30.5 Å². The number of benzene rings is 2. The maximum Gasteiger partial charge on any atom is 0.408 e. The van der Waals surface area contributed by atoms with Gasteiger partial charge in [0.05, 0.1) is 19.5 Å². The third-order valence-electron chi connectivity index (χ3n) is 5.97. The van der Waals surface area contributed by atoms with Crippen LogP contribution < -0.4 is 16.0 Å². The summed E-state index contributed by atoms with van der Waals surface area (Å²) in [6, 6.07) is 11.7. The minimum absolute atomic E-state index is 0.00631. The molecule has 3 aromatic rings. The van der Waals surface area contributed by atoms with Gasteiger partial charge in [-0.15, -0.1) is 0 Å². The van der Waals surface area contributed by atoms with Crippen LogP contribution in [0.4, 0.5) is 15.0 Å². The average molecular weight is 598 g/mol. The molecule has 1 aromatic heterocycles. The van der Waals surface area contributed by atoms with Gasteiger partial charge in [0.15, 0.2) is 11.9 Å². The number of carbonyl (C=O) groups excluding carboxylic acids is 3. The zero-order valence-electron chi connectivity index (χ0n) is 24.6. The Hall–Kier alpha value is -4.78. The number of carboxylic acids is 1. The summed E-state index contributed by atoms with van der Waals surface area (Å²) >= 11 is 0. The molecular weight excluding hydrogens is 561 g/mol. The van der Waals surface area contributed by atoms with Crippen LogP contribution in [0.5, 0.6) is 0 Å². The molecule has 43 heavy (non-hydrogen) atoms. The van der Waals surface area contributed by atoms with Gasteiger partial charge in [-0.2, -0.15) is 0 Å². The summed E-state index contributed by atoms with van der Waals surface area (Å²) in [7, 11) is 0. The smallest absolute Gasteiger partial charge is 0.408 e. The number of nitrogens with zero attached hydrogens (tertiary/aromatic N) is 2. The highest BCUT2D eigenvalue weighted by molar-refractivity contribution is 5.98. The van der Waals surface area contributed by atoms with Crippen molar-refractivity contribution in [3.63, 3.8) is 0 Å². The Morgan fingerprint density at radius 2 is 1.65 bits per heavy atom. The molecule has 2 aromatic carbocycles. The van der Waals surface area contributed by atoms with Gasteiger partial charge in [-0.1, -0.05) is 42.5 Å². The SMILES string of the molecule is CC(C)(C)OC(=O)NC(C)(C)C(=O)NC(COCc1ccccc1)C(=O)Nc1cn(C(C(=O)O)c2ccc(F)cc2)cn1. The summed E-state index contributed by atoms with van der Waals surface area (Å²) in [5, 5.41) is 17.4. The second-order valence-electron chi connectivity index (χ2n) is 11.3. The van der Waals surface area contributed by atoms with Crippen molar-refractivity contribution < 1.29 is 38.1 Å². The quantitative estimate of drug-likeness (QED) is 0.246. The number of imidazole rings is 1. The van der Waals surface area contributed by atoms with Gasteiger partial charge in [-0.25, -0.2) is 19.0 Å². The zero-order chi connectivity index (χ0) is 31.8. The molecule has 0 aliphatic carbocycles. The lowest BCUT2D eigenvalue weighted by molar-refractivity contribution is -0.139. The molecule has 0 spiro atoms. The van der Waals surface area contributed by atoms with Crippen LogP contribution in [0.25, 0.3) is 0 Å². The Balaban J connectivity index is 1.75. The minimum Gasteiger partial charge on any atom is -0.479 e. The van der Waals surface area contributed by atoms with Crippen LogP contribution in [0.2, 0.25) is 0 Å². The summed E-state index contributed by atoms with van der Waals surface area (Å²) in [6.45, 7) is 7.89. The number of aliphatic carboxylic acids is 1. The lowest BCUT2D eigenvalue weighted by atomic mass is 10.0. The number of rotatable bonds is 12. The van der Waals surface area contributed by atoms with E-state index in [4.69, 9.17) is 9.47 Å². The number of amides is 3. The molecule has 1 heterocycles. The van der Waals surface area contributed by atoms with Crippen molar-refractivity contribution >= 4 is 29.7 Å². The Morgan fingerprint density at radius 1 is 1.00 bits per heavy atom. The van der Waals surface area contributed by atoms with E-state index < -0.39 is 52.9 Å². The molecule has 0 aliphatic rings. The normalized spacial score (nSPS) is 13.0. The molecule has 0 bridgehead atoms. The first-order valence-corrected chi connectivity index (χ1v) is 13.4. The summed E-state index contributed by atoms with van der Waals surface area (Å²) in [5.74, 6) is -3.12. The van der Waals surface area contributed by atoms with Crippen molar-refractivity contribution in [1.82, 2.24) is 20.2 Å². The number of carboxylic acid groups (broad SMARTS) is 1. The molecule has 0 saturated heterocycles. The highest BCUT2D eigenvalue weighted by atomic mass is 19.1. The van der Waals surface area contributed by atoms with Crippen molar-refractivity contribution in [2.24, 2.45) is 0 Å². The lowest BCUT2D eigenvalue weighted by Crippen LogP contribution is -2.59. The molecule has 4 N–H and O–H groups in total. The summed E-state index contributed by atoms with van der Waals surface area (Å²) < 4.78 is 25.6. The molecule has 0 fully saturated rings. The number of alkyl carbamates (subject to hydrolysis) is 1. The predicted octanol–water partition coefficient (Wildman–Crippen LogP) is 3.64. The van der Waals surface area contributed by atoms with Crippen molar-refractivity contribution in [1.29, 1.82) is 0 Å². The first-order chi connectivity index (χ1) is 20.1. The van der Waals surface area contributed by atoms with Crippen LogP contribution in [-0.4, -0.2) is 62.3 Å². The van der Waals surface area contributed by atoms with Gasteiger partial charge in [0.25, 0.3) is 5.91 Å². The Labute approximate surface area is 248 Å². The summed E-state index contributed by atoms with van der Waals surface area (Å²) in [6.07, 6.45) is 1.71. The number of anilines is 1. The summed E-state index contributed by atoms with van der Waals surface area (Å²) in [5.41, 5.74) is -1.11. The molecule has 0 radical (unpaired) electrons. The summed E-state index contributed by atoms with van der Waals surface area (Å²) in [4.78, 5) is 54.9. The molecule has 3 rings (SSSR count). The van der Waals surface area contributed by atoms with Crippen molar-refractivity contribution in [2.75, 3.05) is 11.9 Å². The van der Waals surface area contributed by atoms with Gasteiger partial charge in [-0.05, 0) is 57.9 Å². The second-order valence-corrected chi connectivity index (χ2v) is 11.3. The van der Waals surface area contributed by atoms with E-state index in [-0.39, 0.29) is 19.0 Å². The van der Waals surface area contributed by atoms with E-state index in [0.29, 0.717) is 5.56 Å². The fourth-order valence-corrected chi connectivity index (χ4v) is 3.85. The van der Waals surface area contributed by atoms with E-state index in [1.165, 1.54) is 43.1 Å². The minimum atomic E-state index is -1.47. The van der Waals surface area contributed by atoms with E-state index in [1.807, 2.05) is 30.3 Å². The molecule has 230 valence electrons. The second kappa shape index (κ2) is 13.9. The largest absolute Gasteiger partial charge is 0.479 e. The van der Waals surface area contributed by atoms with E-state index in [0.717, 1.165) is 17.7 Å². The maximum atomic E-state index is 13.4. The van der Waals surface area contributed by atoms with Gasteiger partial charge in [0, 0.05) is 6.20 Å². The van der Waals surface area contributed by atoms with Gasteiger partial charge < -0.3 is 35.1 Å². The third kappa shape index (κ3) is 9.92. The van der Waals surface area contributed by atoms with Gasteiger partial charge in [-0.3, -0.25) is 9.59 Å². The van der Waals surface area contributed by atoms with Crippen molar-refractivity contribution in [2.45, 2.75) is 64.4 Å². The standard InChI is InChI=1S/C30H36FN5O7/c1-29(2,3)43-28(41)35-30(4,5)27(40)33-22(17-42-16-19-9-7-6-8-10-19)25(37)34-23-15-36(18-32-23)24(26(38)39)20-11-13-21(31)14-12-20/h6-15,18,22,24H,16-17H2,1-5H3,(H,33,40)(H,34,37)(H,35,41)(H,38,39). The van der Waals surface area contributed by atoms with Crippen LogP contribution in [0, 0.1) is 5.82 Å². The van der Waals surface area contributed by atoms with Crippen molar-refractivity contribution in [3.05, 3.63) is 84.1 Å². The molecule has 0 saturated carbocycles. The first kappa shape index (κ1) is 32.7. The number of aromatic nitrogens is 2. The van der Waals surface area contributed by atoms with Gasteiger partial charge in [0.2, 0.25) is 5.91 Å². The first-order valence-electron chi connectivity index (χ1n) is 13.4. The molecule has 3 amide bonds. The van der Waals surface area contributed by atoms with Crippen LogP contribution >= 0.6 is 0 Å².